The standard InChI is InChI=1S/C27H33N3O4/c1-18(2)15-24(27(33)34-3)30-26(32)23(16-20-17-28-22-12-8-7-11-21(20)22)29-25(31)14-13-19-9-5-4-6-10-19/h4-12,17-18,23-24,28H,13-16H2,1-3H3,(H,29,31)(H,30,32). The number of para-hydroxylation sites is 1. The lowest BCUT2D eigenvalue weighted by Gasteiger charge is -2.23. The first kappa shape index (κ1) is 25.0. The smallest absolute Gasteiger partial charge is 0.328 e. The minimum absolute atomic E-state index is 0.178. The maximum Gasteiger partial charge on any atom is 0.328 e. The Labute approximate surface area is 200 Å². The van der Waals surface area contributed by atoms with Crippen molar-refractivity contribution in [3.05, 3.63) is 71.9 Å². The van der Waals surface area contributed by atoms with Crippen LogP contribution in [-0.4, -0.2) is 42.0 Å². The summed E-state index contributed by atoms with van der Waals surface area (Å²) in [6.07, 6.45) is 3.43. The fourth-order valence-electron chi connectivity index (χ4n) is 4.00. The van der Waals surface area contributed by atoms with Gasteiger partial charge < -0.3 is 20.4 Å². The van der Waals surface area contributed by atoms with Gasteiger partial charge in [-0.15, -0.1) is 0 Å². The van der Waals surface area contributed by atoms with E-state index >= 15 is 0 Å². The van der Waals surface area contributed by atoms with E-state index < -0.39 is 24.0 Å². The number of ether oxygens (including phenoxy) is 1. The van der Waals surface area contributed by atoms with Gasteiger partial charge in [-0.2, -0.15) is 0 Å². The molecule has 0 saturated heterocycles. The highest BCUT2D eigenvalue weighted by Gasteiger charge is 2.28. The van der Waals surface area contributed by atoms with Crippen LogP contribution in [0.3, 0.4) is 0 Å². The summed E-state index contributed by atoms with van der Waals surface area (Å²) < 4.78 is 4.88. The number of H-pyrrole nitrogens is 1. The molecule has 0 spiro atoms. The van der Waals surface area contributed by atoms with Crippen LogP contribution in [0.15, 0.2) is 60.8 Å². The van der Waals surface area contributed by atoms with Gasteiger partial charge in [-0.1, -0.05) is 62.4 Å². The summed E-state index contributed by atoms with van der Waals surface area (Å²) in [7, 11) is 1.30. The predicted octanol–water partition coefficient (Wildman–Crippen LogP) is 3.53. The number of methoxy groups -OCH3 is 1. The first-order valence-corrected chi connectivity index (χ1v) is 11.6. The molecule has 34 heavy (non-hydrogen) atoms. The van der Waals surface area contributed by atoms with Crippen LogP contribution in [-0.2, 0) is 32.0 Å². The summed E-state index contributed by atoms with van der Waals surface area (Å²) in [5.74, 6) is -0.947. The van der Waals surface area contributed by atoms with Gasteiger partial charge in [0.2, 0.25) is 11.8 Å². The number of aryl methyl sites for hydroxylation is 1. The van der Waals surface area contributed by atoms with Crippen LogP contribution in [0.2, 0.25) is 0 Å². The second-order valence-electron chi connectivity index (χ2n) is 8.88. The molecule has 2 aromatic carbocycles. The fourth-order valence-corrected chi connectivity index (χ4v) is 4.00. The van der Waals surface area contributed by atoms with E-state index in [9.17, 15) is 14.4 Å². The van der Waals surface area contributed by atoms with Crippen LogP contribution in [0.4, 0.5) is 0 Å². The first-order chi connectivity index (χ1) is 16.4. The van der Waals surface area contributed by atoms with Gasteiger partial charge in [0.25, 0.3) is 0 Å². The molecule has 2 unspecified atom stereocenters. The zero-order valence-electron chi connectivity index (χ0n) is 20.0. The molecule has 7 heteroatoms. The summed E-state index contributed by atoms with van der Waals surface area (Å²) in [5, 5.41) is 6.68. The Morgan fingerprint density at radius 2 is 1.65 bits per heavy atom. The lowest BCUT2D eigenvalue weighted by atomic mass is 10.0. The van der Waals surface area contributed by atoms with Gasteiger partial charge in [-0.3, -0.25) is 9.59 Å². The molecule has 0 aliphatic heterocycles. The third kappa shape index (κ3) is 6.94. The molecule has 3 rings (SSSR count). The van der Waals surface area contributed by atoms with E-state index in [1.165, 1.54) is 7.11 Å². The Kier molecular flexibility index (Phi) is 8.85. The molecule has 2 atom stereocenters. The molecule has 0 aliphatic rings. The van der Waals surface area contributed by atoms with E-state index in [1.54, 1.807) is 0 Å². The van der Waals surface area contributed by atoms with E-state index in [-0.39, 0.29) is 18.2 Å². The molecular formula is C27H33N3O4. The quantitative estimate of drug-likeness (QED) is 0.379. The first-order valence-electron chi connectivity index (χ1n) is 11.6. The third-order valence-electron chi connectivity index (χ3n) is 5.74. The normalized spacial score (nSPS) is 12.8. The molecule has 0 saturated carbocycles. The van der Waals surface area contributed by atoms with Crippen molar-refractivity contribution in [2.24, 2.45) is 5.92 Å². The monoisotopic (exact) mass is 463 g/mol. The van der Waals surface area contributed by atoms with Gasteiger partial charge in [0.15, 0.2) is 0 Å². The van der Waals surface area contributed by atoms with Crippen LogP contribution in [0, 0.1) is 5.92 Å². The number of amides is 2. The van der Waals surface area contributed by atoms with Crippen LogP contribution in [0.1, 0.15) is 37.8 Å². The van der Waals surface area contributed by atoms with Crippen molar-refractivity contribution in [2.45, 2.75) is 51.6 Å². The van der Waals surface area contributed by atoms with Crippen molar-refractivity contribution in [3.8, 4) is 0 Å². The van der Waals surface area contributed by atoms with Gasteiger partial charge in [-0.25, -0.2) is 4.79 Å². The highest BCUT2D eigenvalue weighted by atomic mass is 16.5. The van der Waals surface area contributed by atoms with E-state index in [0.29, 0.717) is 19.3 Å². The maximum absolute atomic E-state index is 13.3. The molecule has 3 N–H and O–H groups in total. The van der Waals surface area contributed by atoms with Crippen molar-refractivity contribution in [1.29, 1.82) is 0 Å². The summed E-state index contributed by atoms with van der Waals surface area (Å²) in [6.45, 7) is 3.94. The van der Waals surface area contributed by atoms with E-state index in [2.05, 4.69) is 15.6 Å². The average molecular weight is 464 g/mol. The molecular weight excluding hydrogens is 430 g/mol. The number of rotatable bonds is 11. The van der Waals surface area contributed by atoms with Crippen LogP contribution < -0.4 is 10.6 Å². The van der Waals surface area contributed by atoms with E-state index in [4.69, 9.17) is 4.74 Å². The number of fused-ring (bicyclic) bond motifs is 1. The molecule has 0 aliphatic carbocycles. The second kappa shape index (κ2) is 12.0. The third-order valence-corrected chi connectivity index (χ3v) is 5.74. The maximum atomic E-state index is 13.3. The van der Waals surface area contributed by atoms with Crippen LogP contribution in [0.5, 0.6) is 0 Å². The largest absolute Gasteiger partial charge is 0.467 e. The lowest BCUT2D eigenvalue weighted by molar-refractivity contribution is -0.145. The Bertz CT molecular complexity index is 1110. The fraction of sp³-hybridized carbons (Fsp3) is 0.370. The minimum Gasteiger partial charge on any atom is -0.467 e. The Morgan fingerprint density at radius 3 is 2.35 bits per heavy atom. The predicted molar refractivity (Wildman–Crippen MR) is 132 cm³/mol. The minimum atomic E-state index is -0.832. The number of hydrogen-bond donors (Lipinski definition) is 3. The molecule has 1 heterocycles. The molecule has 2 amide bonds. The Morgan fingerprint density at radius 1 is 0.941 bits per heavy atom. The number of carbonyl (C=O) groups is 3. The zero-order chi connectivity index (χ0) is 24.5. The summed E-state index contributed by atoms with van der Waals surface area (Å²) >= 11 is 0. The number of aromatic amines is 1. The van der Waals surface area contributed by atoms with Crippen LogP contribution >= 0.6 is 0 Å². The topological polar surface area (TPSA) is 100 Å². The number of aromatic nitrogens is 1. The van der Waals surface area contributed by atoms with Gasteiger partial charge in [0, 0.05) is 29.9 Å². The van der Waals surface area contributed by atoms with Crippen molar-refractivity contribution >= 4 is 28.7 Å². The number of benzene rings is 2. The number of esters is 1. The molecule has 7 nitrogen and oxygen atoms in total. The SMILES string of the molecule is COC(=O)C(CC(C)C)NC(=O)C(Cc1c[nH]c2ccccc12)NC(=O)CCc1ccccc1. The highest BCUT2D eigenvalue weighted by Crippen LogP contribution is 2.19. The second-order valence-corrected chi connectivity index (χ2v) is 8.88. The van der Waals surface area contributed by atoms with E-state index in [1.807, 2.05) is 74.6 Å². The number of hydrogen-bond acceptors (Lipinski definition) is 4. The highest BCUT2D eigenvalue weighted by molar-refractivity contribution is 5.92. The van der Waals surface area contributed by atoms with Gasteiger partial charge >= 0.3 is 5.97 Å². The van der Waals surface area contributed by atoms with Crippen LogP contribution in [0.25, 0.3) is 10.9 Å². The molecule has 180 valence electrons. The number of nitrogens with one attached hydrogen (secondary N) is 3. The molecule has 3 aromatic rings. The Balaban J connectivity index is 1.76. The zero-order valence-corrected chi connectivity index (χ0v) is 20.0. The number of carbonyl (C=O) groups excluding carboxylic acids is 3. The molecule has 0 radical (unpaired) electrons. The Hall–Kier alpha value is -3.61. The molecule has 1 aromatic heterocycles. The van der Waals surface area contributed by atoms with Crippen molar-refractivity contribution in [1.82, 2.24) is 15.6 Å². The van der Waals surface area contributed by atoms with Crippen molar-refractivity contribution in [3.63, 3.8) is 0 Å². The van der Waals surface area contributed by atoms with E-state index in [0.717, 1.165) is 22.0 Å². The summed E-state index contributed by atoms with van der Waals surface area (Å²) in [6, 6.07) is 15.9. The van der Waals surface area contributed by atoms with Gasteiger partial charge in [0.1, 0.15) is 12.1 Å². The van der Waals surface area contributed by atoms with Crippen molar-refractivity contribution < 1.29 is 19.1 Å². The summed E-state index contributed by atoms with van der Waals surface area (Å²) in [5.41, 5.74) is 2.93. The average Bonchev–Trinajstić information content (AvgIpc) is 3.24. The lowest BCUT2D eigenvalue weighted by Crippen LogP contribution is -2.53. The van der Waals surface area contributed by atoms with Gasteiger partial charge in [-0.05, 0) is 36.0 Å². The van der Waals surface area contributed by atoms with Gasteiger partial charge in [0.05, 0.1) is 7.11 Å². The molecule has 0 fully saturated rings. The summed E-state index contributed by atoms with van der Waals surface area (Å²) in [4.78, 5) is 41.5. The van der Waals surface area contributed by atoms with Crippen molar-refractivity contribution in [2.75, 3.05) is 7.11 Å². The molecule has 0 bridgehead atoms.